The van der Waals surface area contributed by atoms with Gasteiger partial charge in [0.15, 0.2) is 0 Å². The summed E-state index contributed by atoms with van der Waals surface area (Å²) in [7, 11) is 0. The molecular formula is C21H28N4O. The van der Waals surface area contributed by atoms with Gasteiger partial charge in [-0.15, -0.1) is 0 Å². The lowest BCUT2D eigenvalue weighted by Gasteiger charge is -2.37. The smallest absolute Gasteiger partial charge is 0.227 e. The van der Waals surface area contributed by atoms with Crippen LogP contribution >= 0.6 is 0 Å². The predicted molar refractivity (Wildman–Crippen MR) is 104 cm³/mol. The van der Waals surface area contributed by atoms with Crippen LogP contribution in [0.4, 0.5) is 0 Å². The van der Waals surface area contributed by atoms with Crippen LogP contribution in [0.25, 0.3) is 10.9 Å². The minimum Gasteiger partial charge on any atom is -0.341 e. The summed E-state index contributed by atoms with van der Waals surface area (Å²) >= 11 is 0. The highest BCUT2D eigenvalue weighted by Gasteiger charge is 2.31. The summed E-state index contributed by atoms with van der Waals surface area (Å²) in [6.45, 7) is 9.72. The van der Waals surface area contributed by atoms with Gasteiger partial charge in [0.1, 0.15) is 0 Å². The fraction of sp³-hybridized carbons (Fsp3) is 0.524. The molecule has 1 aromatic heterocycles. The van der Waals surface area contributed by atoms with Gasteiger partial charge in [0.2, 0.25) is 5.91 Å². The van der Waals surface area contributed by atoms with Crippen LogP contribution in [0.3, 0.4) is 0 Å². The number of amides is 1. The molecule has 0 bridgehead atoms. The molecule has 1 aromatic carbocycles. The molecule has 2 fully saturated rings. The van der Waals surface area contributed by atoms with Crippen molar-refractivity contribution in [3.8, 4) is 0 Å². The lowest BCUT2D eigenvalue weighted by Crippen LogP contribution is -2.51. The topological polar surface area (TPSA) is 39.7 Å². The van der Waals surface area contributed by atoms with E-state index in [2.05, 4.69) is 33.8 Å². The van der Waals surface area contributed by atoms with Gasteiger partial charge in [-0.1, -0.05) is 25.1 Å². The molecule has 0 saturated carbocycles. The maximum absolute atomic E-state index is 12.7. The molecule has 26 heavy (non-hydrogen) atoms. The minimum absolute atomic E-state index is 0.233. The Morgan fingerprint density at radius 1 is 1.15 bits per heavy atom. The quantitative estimate of drug-likeness (QED) is 0.844. The molecule has 1 amide bonds. The number of carbonyl (C=O) groups excluding carboxylic acids is 1. The van der Waals surface area contributed by atoms with Crippen molar-refractivity contribution in [2.45, 2.75) is 25.8 Å². The lowest BCUT2D eigenvalue weighted by atomic mass is 10.1. The highest BCUT2D eigenvalue weighted by atomic mass is 16.2. The number of carbonyl (C=O) groups is 1. The molecule has 4 rings (SSSR count). The maximum atomic E-state index is 12.7. The third-order valence-electron chi connectivity index (χ3n) is 5.89. The van der Waals surface area contributed by atoms with Crippen molar-refractivity contribution in [2.24, 2.45) is 0 Å². The molecular weight excluding hydrogens is 324 g/mol. The van der Waals surface area contributed by atoms with E-state index in [1.807, 2.05) is 29.3 Å². The summed E-state index contributed by atoms with van der Waals surface area (Å²) < 4.78 is 0. The van der Waals surface area contributed by atoms with E-state index < -0.39 is 0 Å². The molecule has 1 unspecified atom stereocenters. The largest absolute Gasteiger partial charge is 0.341 e. The molecule has 0 radical (unpaired) electrons. The highest BCUT2D eigenvalue weighted by Crippen LogP contribution is 2.19. The van der Waals surface area contributed by atoms with Gasteiger partial charge in [0.05, 0.1) is 11.9 Å². The molecule has 3 heterocycles. The molecule has 2 saturated heterocycles. The number of hydrogen-bond acceptors (Lipinski definition) is 4. The van der Waals surface area contributed by atoms with Crippen molar-refractivity contribution in [1.29, 1.82) is 0 Å². The van der Waals surface area contributed by atoms with Crippen molar-refractivity contribution >= 4 is 16.8 Å². The number of hydrogen-bond donors (Lipinski definition) is 0. The van der Waals surface area contributed by atoms with Crippen molar-refractivity contribution in [3.05, 3.63) is 42.1 Å². The van der Waals surface area contributed by atoms with Crippen molar-refractivity contribution in [2.75, 3.05) is 45.8 Å². The molecule has 2 aromatic rings. The zero-order valence-electron chi connectivity index (χ0n) is 15.6. The minimum atomic E-state index is 0.233. The highest BCUT2D eigenvalue weighted by molar-refractivity contribution is 5.82. The summed E-state index contributed by atoms with van der Waals surface area (Å²) in [6, 6.07) is 10.7. The Morgan fingerprint density at radius 2 is 1.96 bits per heavy atom. The monoisotopic (exact) mass is 352 g/mol. The number of pyridine rings is 1. The van der Waals surface area contributed by atoms with Gasteiger partial charge in [0.25, 0.3) is 0 Å². The molecule has 138 valence electrons. The molecule has 0 aliphatic carbocycles. The van der Waals surface area contributed by atoms with E-state index in [4.69, 9.17) is 0 Å². The third kappa shape index (κ3) is 3.74. The van der Waals surface area contributed by atoms with Crippen LogP contribution in [0.5, 0.6) is 0 Å². The number of likely N-dealkylation sites (tertiary alicyclic amines) is 1. The Kier molecular flexibility index (Phi) is 5.18. The average Bonchev–Trinajstić information content (AvgIpc) is 3.18. The molecule has 5 heteroatoms. The van der Waals surface area contributed by atoms with Crippen molar-refractivity contribution in [1.82, 2.24) is 19.7 Å². The fourth-order valence-corrected chi connectivity index (χ4v) is 4.21. The van der Waals surface area contributed by atoms with E-state index in [1.165, 1.54) is 0 Å². The summed E-state index contributed by atoms with van der Waals surface area (Å²) in [5, 5.41) is 1.10. The van der Waals surface area contributed by atoms with Gasteiger partial charge in [-0.05, 0) is 30.7 Å². The van der Waals surface area contributed by atoms with Crippen LogP contribution in [0.1, 0.15) is 18.9 Å². The van der Waals surface area contributed by atoms with Crippen LogP contribution in [0, 0.1) is 0 Å². The van der Waals surface area contributed by atoms with E-state index in [9.17, 15) is 4.79 Å². The first-order valence-corrected chi connectivity index (χ1v) is 9.81. The van der Waals surface area contributed by atoms with Gasteiger partial charge >= 0.3 is 0 Å². The van der Waals surface area contributed by atoms with Crippen LogP contribution in [-0.4, -0.2) is 77.4 Å². The zero-order chi connectivity index (χ0) is 17.9. The predicted octanol–water partition coefficient (Wildman–Crippen LogP) is 2.02. The van der Waals surface area contributed by atoms with E-state index >= 15 is 0 Å². The van der Waals surface area contributed by atoms with Gasteiger partial charge in [-0.25, -0.2) is 0 Å². The first-order valence-electron chi connectivity index (χ1n) is 9.81. The SMILES string of the molecule is CCN1CCN(C2CCN(C(=O)Cc3cnc4ccccc4c3)C2)CC1. The fourth-order valence-electron chi connectivity index (χ4n) is 4.21. The summed E-state index contributed by atoms with van der Waals surface area (Å²) in [4.78, 5) is 24.4. The van der Waals surface area contributed by atoms with E-state index in [-0.39, 0.29) is 5.91 Å². The molecule has 0 spiro atoms. The summed E-state index contributed by atoms with van der Waals surface area (Å²) in [6.07, 6.45) is 3.40. The van der Waals surface area contributed by atoms with Crippen LogP contribution in [0.2, 0.25) is 0 Å². The van der Waals surface area contributed by atoms with Crippen molar-refractivity contribution in [3.63, 3.8) is 0 Å². The Bertz CT molecular complexity index is 769. The van der Waals surface area contributed by atoms with Crippen LogP contribution < -0.4 is 0 Å². The second kappa shape index (κ2) is 7.72. The Balaban J connectivity index is 1.34. The lowest BCUT2D eigenvalue weighted by molar-refractivity contribution is -0.129. The number of nitrogens with zero attached hydrogens (tertiary/aromatic N) is 4. The number of fused-ring (bicyclic) bond motifs is 1. The first-order chi connectivity index (χ1) is 12.7. The number of para-hydroxylation sites is 1. The maximum Gasteiger partial charge on any atom is 0.227 e. The van der Waals surface area contributed by atoms with Gasteiger partial charge < -0.3 is 9.80 Å². The molecule has 0 N–H and O–H groups in total. The number of benzene rings is 1. The van der Waals surface area contributed by atoms with Crippen LogP contribution in [-0.2, 0) is 11.2 Å². The van der Waals surface area contributed by atoms with Crippen LogP contribution in [0.15, 0.2) is 36.5 Å². The second-order valence-electron chi connectivity index (χ2n) is 7.47. The Hall–Kier alpha value is -1.98. The molecule has 2 aliphatic heterocycles. The zero-order valence-corrected chi connectivity index (χ0v) is 15.6. The van der Waals surface area contributed by atoms with E-state index in [0.717, 1.165) is 68.7 Å². The normalized spacial score (nSPS) is 22.2. The Morgan fingerprint density at radius 3 is 2.77 bits per heavy atom. The number of aromatic nitrogens is 1. The molecule has 2 aliphatic rings. The third-order valence-corrected chi connectivity index (χ3v) is 5.89. The average molecular weight is 352 g/mol. The van der Waals surface area contributed by atoms with E-state index in [0.29, 0.717) is 12.5 Å². The van der Waals surface area contributed by atoms with Gasteiger partial charge in [0, 0.05) is 56.9 Å². The molecule has 1 atom stereocenters. The summed E-state index contributed by atoms with van der Waals surface area (Å²) in [5.74, 6) is 0.233. The standard InChI is InChI=1S/C21H28N4O/c1-2-23-9-11-24(12-10-23)19-7-8-25(16-19)21(26)14-17-13-18-5-3-4-6-20(18)22-15-17/h3-6,13,15,19H,2,7-12,14,16H2,1H3. The Labute approximate surface area is 155 Å². The first kappa shape index (κ1) is 17.4. The second-order valence-corrected chi connectivity index (χ2v) is 7.47. The van der Waals surface area contributed by atoms with Gasteiger partial charge in [-0.2, -0.15) is 0 Å². The summed E-state index contributed by atoms with van der Waals surface area (Å²) in [5.41, 5.74) is 1.99. The molecule has 5 nitrogen and oxygen atoms in total. The van der Waals surface area contributed by atoms with Gasteiger partial charge in [-0.3, -0.25) is 14.7 Å². The number of rotatable bonds is 4. The van der Waals surface area contributed by atoms with E-state index in [1.54, 1.807) is 0 Å². The van der Waals surface area contributed by atoms with Crippen molar-refractivity contribution < 1.29 is 4.79 Å². The number of piperazine rings is 1. The number of likely N-dealkylation sites (N-methyl/N-ethyl adjacent to an activating group) is 1.